The van der Waals surface area contributed by atoms with Crippen LogP contribution in [-0.2, 0) is 9.53 Å². The van der Waals surface area contributed by atoms with Crippen LogP contribution in [0.5, 0.6) is 0 Å². The maximum Gasteiger partial charge on any atom is 0.357 e. The van der Waals surface area contributed by atoms with Gasteiger partial charge in [0.05, 0.1) is 5.69 Å². The van der Waals surface area contributed by atoms with Crippen LogP contribution < -0.4 is 4.90 Å². The SMILES string of the molecule is CCN(C(=O)[C@@H](C)OC(=O)c1cc(-c2ccccc2)n[nH]1)c1ccccc1. The summed E-state index contributed by atoms with van der Waals surface area (Å²) >= 11 is 0. The van der Waals surface area contributed by atoms with Gasteiger partial charge < -0.3 is 9.64 Å². The van der Waals surface area contributed by atoms with Crippen molar-refractivity contribution in [2.45, 2.75) is 20.0 Å². The Morgan fingerprint density at radius 3 is 2.33 bits per heavy atom. The van der Waals surface area contributed by atoms with E-state index in [0.29, 0.717) is 12.2 Å². The highest BCUT2D eigenvalue weighted by molar-refractivity contribution is 5.98. The summed E-state index contributed by atoms with van der Waals surface area (Å²) in [5.41, 5.74) is 2.50. The minimum absolute atomic E-state index is 0.205. The molecule has 2 aromatic carbocycles. The van der Waals surface area contributed by atoms with Gasteiger partial charge in [-0.2, -0.15) is 5.10 Å². The van der Waals surface area contributed by atoms with E-state index in [-0.39, 0.29) is 11.6 Å². The van der Waals surface area contributed by atoms with Crippen molar-refractivity contribution in [1.29, 1.82) is 0 Å². The second-order valence-electron chi connectivity index (χ2n) is 6.00. The van der Waals surface area contributed by atoms with Crippen molar-refractivity contribution in [1.82, 2.24) is 10.2 Å². The molecule has 0 aliphatic heterocycles. The predicted octanol–water partition coefficient (Wildman–Crippen LogP) is 3.68. The second kappa shape index (κ2) is 8.31. The standard InChI is InChI=1S/C21H21N3O3/c1-3-24(17-12-8-5-9-13-17)20(25)15(2)27-21(26)19-14-18(22-23-19)16-10-6-4-7-11-16/h4-15H,3H2,1-2H3,(H,22,23)/t15-/m1/s1. The van der Waals surface area contributed by atoms with Gasteiger partial charge in [-0.15, -0.1) is 0 Å². The molecule has 6 nitrogen and oxygen atoms in total. The number of benzene rings is 2. The minimum atomic E-state index is -0.916. The number of aromatic nitrogens is 2. The predicted molar refractivity (Wildman–Crippen MR) is 103 cm³/mol. The van der Waals surface area contributed by atoms with E-state index in [9.17, 15) is 9.59 Å². The fraction of sp³-hybridized carbons (Fsp3) is 0.190. The molecule has 0 bridgehead atoms. The Morgan fingerprint density at radius 2 is 1.70 bits per heavy atom. The average molecular weight is 363 g/mol. The van der Waals surface area contributed by atoms with E-state index >= 15 is 0 Å². The highest BCUT2D eigenvalue weighted by Gasteiger charge is 2.25. The number of hydrogen-bond acceptors (Lipinski definition) is 4. The molecule has 0 aliphatic carbocycles. The van der Waals surface area contributed by atoms with E-state index in [4.69, 9.17) is 4.74 Å². The first-order chi connectivity index (χ1) is 13.1. The monoisotopic (exact) mass is 363 g/mol. The molecule has 1 amide bonds. The third kappa shape index (κ3) is 4.23. The molecule has 0 radical (unpaired) electrons. The largest absolute Gasteiger partial charge is 0.448 e. The molecule has 6 heteroatoms. The van der Waals surface area contributed by atoms with Crippen LogP contribution in [0.4, 0.5) is 5.69 Å². The Labute approximate surface area is 157 Å². The lowest BCUT2D eigenvalue weighted by Gasteiger charge is -2.24. The number of rotatable bonds is 6. The molecule has 0 saturated heterocycles. The third-order valence-corrected chi connectivity index (χ3v) is 4.15. The van der Waals surface area contributed by atoms with E-state index in [2.05, 4.69) is 10.2 Å². The molecule has 3 aromatic rings. The summed E-state index contributed by atoms with van der Waals surface area (Å²) in [5.74, 6) is -0.894. The zero-order valence-corrected chi connectivity index (χ0v) is 15.3. The maximum atomic E-state index is 12.7. The van der Waals surface area contributed by atoms with Gasteiger partial charge in [0.1, 0.15) is 5.69 Å². The summed E-state index contributed by atoms with van der Waals surface area (Å²) in [7, 11) is 0. The number of nitrogens with zero attached hydrogens (tertiary/aromatic N) is 2. The lowest BCUT2D eigenvalue weighted by molar-refractivity contribution is -0.126. The van der Waals surface area contributed by atoms with Crippen LogP contribution in [-0.4, -0.2) is 34.7 Å². The number of nitrogens with one attached hydrogen (secondary N) is 1. The molecule has 3 rings (SSSR count). The van der Waals surface area contributed by atoms with Crippen LogP contribution >= 0.6 is 0 Å². The lowest BCUT2D eigenvalue weighted by Crippen LogP contribution is -2.40. The Balaban J connectivity index is 1.68. The third-order valence-electron chi connectivity index (χ3n) is 4.15. The first kappa shape index (κ1) is 18.4. The quantitative estimate of drug-likeness (QED) is 0.678. The van der Waals surface area contributed by atoms with Crippen molar-refractivity contribution >= 4 is 17.6 Å². The van der Waals surface area contributed by atoms with Gasteiger partial charge >= 0.3 is 5.97 Å². The Morgan fingerprint density at radius 1 is 1.07 bits per heavy atom. The fourth-order valence-electron chi connectivity index (χ4n) is 2.75. The summed E-state index contributed by atoms with van der Waals surface area (Å²) in [4.78, 5) is 26.7. The summed E-state index contributed by atoms with van der Waals surface area (Å²) in [6.45, 7) is 3.92. The van der Waals surface area contributed by atoms with Crippen molar-refractivity contribution in [3.05, 3.63) is 72.4 Å². The van der Waals surface area contributed by atoms with Crippen LogP contribution in [0, 0.1) is 0 Å². The fourth-order valence-corrected chi connectivity index (χ4v) is 2.75. The van der Waals surface area contributed by atoms with Crippen molar-refractivity contribution in [3.63, 3.8) is 0 Å². The first-order valence-corrected chi connectivity index (χ1v) is 8.78. The van der Waals surface area contributed by atoms with Gasteiger partial charge in [0, 0.05) is 17.8 Å². The molecule has 0 fully saturated rings. The number of likely N-dealkylation sites (N-methyl/N-ethyl adjacent to an activating group) is 1. The van der Waals surface area contributed by atoms with Crippen molar-refractivity contribution in [3.8, 4) is 11.3 Å². The van der Waals surface area contributed by atoms with Gasteiger partial charge in [0.25, 0.3) is 5.91 Å². The summed E-state index contributed by atoms with van der Waals surface area (Å²) in [6, 6.07) is 20.4. The first-order valence-electron chi connectivity index (χ1n) is 8.78. The summed E-state index contributed by atoms with van der Waals surface area (Å²) in [5, 5.41) is 6.81. The highest BCUT2D eigenvalue weighted by Crippen LogP contribution is 2.19. The number of carbonyl (C=O) groups excluding carboxylic acids is 2. The van der Waals surface area contributed by atoms with Gasteiger partial charge in [-0.1, -0.05) is 48.5 Å². The van der Waals surface area contributed by atoms with Gasteiger partial charge in [-0.3, -0.25) is 9.89 Å². The van der Waals surface area contributed by atoms with E-state index in [1.165, 1.54) is 0 Å². The van der Waals surface area contributed by atoms with Crippen molar-refractivity contribution in [2.75, 3.05) is 11.4 Å². The normalized spacial score (nSPS) is 11.6. The smallest absolute Gasteiger partial charge is 0.357 e. The number of aromatic amines is 1. The molecular formula is C21H21N3O3. The second-order valence-corrected chi connectivity index (χ2v) is 6.00. The van der Waals surface area contributed by atoms with Crippen LogP contribution in [0.2, 0.25) is 0 Å². The topological polar surface area (TPSA) is 75.3 Å². The zero-order valence-electron chi connectivity index (χ0n) is 15.3. The molecule has 1 atom stereocenters. The maximum absolute atomic E-state index is 12.7. The molecule has 0 spiro atoms. The number of esters is 1. The number of H-pyrrole nitrogens is 1. The van der Waals surface area contributed by atoms with Crippen molar-refractivity contribution in [2.24, 2.45) is 0 Å². The molecule has 0 saturated carbocycles. The molecule has 138 valence electrons. The number of ether oxygens (including phenoxy) is 1. The Kier molecular flexibility index (Phi) is 5.66. The number of anilines is 1. The van der Waals surface area contributed by atoms with Gasteiger partial charge in [-0.25, -0.2) is 4.79 Å². The Bertz CT molecular complexity index is 907. The molecule has 1 N–H and O–H groups in total. The van der Waals surface area contributed by atoms with E-state index < -0.39 is 12.1 Å². The highest BCUT2D eigenvalue weighted by atomic mass is 16.5. The number of para-hydroxylation sites is 1. The number of hydrogen-bond donors (Lipinski definition) is 1. The van der Waals surface area contributed by atoms with E-state index in [1.807, 2.05) is 67.6 Å². The van der Waals surface area contributed by atoms with Crippen LogP contribution in [0.3, 0.4) is 0 Å². The molecular weight excluding hydrogens is 342 g/mol. The number of carbonyl (C=O) groups is 2. The van der Waals surface area contributed by atoms with E-state index in [1.54, 1.807) is 17.9 Å². The van der Waals surface area contributed by atoms with Gasteiger partial charge in [0.2, 0.25) is 0 Å². The zero-order chi connectivity index (χ0) is 19.2. The molecule has 0 unspecified atom stereocenters. The summed E-state index contributed by atoms with van der Waals surface area (Å²) < 4.78 is 5.35. The van der Waals surface area contributed by atoms with Crippen LogP contribution in [0.15, 0.2) is 66.7 Å². The van der Waals surface area contributed by atoms with Crippen LogP contribution in [0.25, 0.3) is 11.3 Å². The lowest BCUT2D eigenvalue weighted by atomic mass is 10.1. The van der Waals surface area contributed by atoms with Gasteiger partial charge in [0.15, 0.2) is 6.10 Å². The van der Waals surface area contributed by atoms with Crippen LogP contribution in [0.1, 0.15) is 24.3 Å². The molecule has 0 aliphatic rings. The minimum Gasteiger partial charge on any atom is -0.448 e. The summed E-state index contributed by atoms with van der Waals surface area (Å²) in [6.07, 6.45) is -0.916. The number of amides is 1. The molecule has 1 heterocycles. The average Bonchev–Trinajstić information content (AvgIpc) is 3.20. The molecule has 27 heavy (non-hydrogen) atoms. The molecule has 1 aromatic heterocycles. The van der Waals surface area contributed by atoms with E-state index in [0.717, 1.165) is 11.3 Å². The van der Waals surface area contributed by atoms with Gasteiger partial charge in [-0.05, 0) is 32.0 Å². The Hall–Kier alpha value is -3.41. The van der Waals surface area contributed by atoms with Crippen molar-refractivity contribution < 1.29 is 14.3 Å².